The molecule has 0 radical (unpaired) electrons. The summed E-state index contributed by atoms with van der Waals surface area (Å²) in [7, 11) is 0. The maximum Gasteiger partial charge on any atom is 0.0338 e. The van der Waals surface area contributed by atoms with Gasteiger partial charge in [-0.15, -0.1) is 0 Å². The SMILES string of the molecule is CC(C)N.CCCCCCCCCCN(S)Cc1ccccc1. The van der Waals surface area contributed by atoms with Gasteiger partial charge in [0.05, 0.1) is 0 Å². The van der Waals surface area contributed by atoms with Crippen molar-refractivity contribution in [3.05, 3.63) is 35.9 Å². The standard InChI is InChI=1S/C17H29NS.C3H9N/c1-2-3-4-5-6-7-8-12-15-18(19)16-17-13-10-9-11-14-17;1-3(2)4/h9-11,13-14,19H,2-8,12,15-16H2,1H3;3H,4H2,1-2H3. The fraction of sp³-hybridized carbons (Fsp3) is 0.700. The second kappa shape index (κ2) is 16.4. The zero-order valence-electron chi connectivity index (χ0n) is 15.5. The maximum atomic E-state index is 5.11. The van der Waals surface area contributed by atoms with Crippen LogP contribution in [0.4, 0.5) is 0 Å². The Hall–Kier alpha value is -0.510. The van der Waals surface area contributed by atoms with Gasteiger partial charge in [0.1, 0.15) is 0 Å². The summed E-state index contributed by atoms with van der Waals surface area (Å²) in [5.74, 6) is 0. The van der Waals surface area contributed by atoms with Gasteiger partial charge in [-0.1, -0.05) is 109 Å². The number of hydrogen-bond donors (Lipinski definition) is 2. The van der Waals surface area contributed by atoms with Crippen LogP contribution in [0.3, 0.4) is 0 Å². The zero-order valence-corrected chi connectivity index (χ0v) is 16.4. The first-order chi connectivity index (χ1) is 11.1. The summed E-state index contributed by atoms with van der Waals surface area (Å²) in [6, 6.07) is 10.9. The Labute approximate surface area is 150 Å². The molecule has 0 heterocycles. The summed E-state index contributed by atoms with van der Waals surface area (Å²) >= 11 is 4.55. The Balaban J connectivity index is 0.00000108. The minimum atomic E-state index is 0.333. The van der Waals surface area contributed by atoms with E-state index in [1.807, 2.05) is 13.8 Å². The number of unbranched alkanes of at least 4 members (excludes halogenated alkanes) is 7. The van der Waals surface area contributed by atoms with E-state index in [1.54, 1.807) is 0 Å². The molecule has 0 saturated carbocycles. The average Bonchev–Trinajstić information content (AvgIpc) is 2.50. The van der Waals surface area contributed by atoms with Crippen molar-refractivity contribution in [2.45, 2.75) is 84.7 Å². The number of nitrogens with zero attached hydrogens (tertiary/aromatic N) is 1. The van der Waals surface area contributed by atoms with Crippen LogP contribution in [0.15, 0.2) is 30.3 Å². The molecule has 0 saturated heterocycles. The first-order valence-corrected chi connectivity index (χ1v) is 9.69. The van der Waals surface area contributed by atoms with Gasteiger partial charge in [0.15, 0.2) is 0 Å². The quantitative estimate of drug-likeness (QED) is 0.393. The van der Waals surface area contributed by atoms with E-state index in [9.17, 15) is 0 Å². The molecule has 23 heavy (non-hydrogen) atoms. The fourth-order valence-electron chi connectivity index (χ4n) is 2.30. The Bertz CT molecular complexity index is 338. The van der Waals surface area contributed by atoms with Crippen molar-refractivity contribution in [3.8, 4) is 0 Å². The van der Waals surface area contributed by atoms with E-state index < -0.39 is 0 Å². The highest BCUT2D eigenvalue weighted by atomic mass is 32.1. The Kier molecular flexibility index (Phi) is 16.0. The molecule has 0 amide bonds. The predicted molar refractivity (Wildman–Crippen MR) is 108 cm³/mol. The van der Waals surface area contributed by atoms with Crippen molar-refractivity contribution in [2.24, 2.45) is 5.73 Å². The third-order valence-electron chi connectivity index (χ3n) is 3.48. The Morgan fingerprint density at radius 3 is 1.91 bits per heavy atom. The number of benzene rings is 1. The van der Waals surface area contributed by atoms with Crippen LogP contribution in [0.5, 0.6) is 0 Å². The molecule has 0 unspecified atom stereocenters. The molecule has 0 aliphatic rings. The summed E-state index contributed by atoms with van der Waals surface area (Å²) < 4.78 is 2.13. The molecule has 0 aromatic heterocycles. The van der Waals surface area contributed by atoms with Crippen LogP contribution in [-0.2, 0) is 6.54 Å². The number of hydrogen-bond acceptors (Lipinski definition) is 3. The number of nitrogens with two attached hydrogens (primary N) is 1. The molecule has 0 spiro atoms. The number of rotatable bonds is 11. The van der Waals surface area contributed by atoms with Crippen molar-refractivity contribution in [2.75, 3.05) is 6.54 Å². The molecular formula is C20H38N2S. The monoisotopic (exact) mass is 338 g/mol. The summed E-state index contributed by atoms with van der Waals surface area (Å²) in [5.41, 5.74) is 6.46. The summed E-state index contributed by atoms with van der Waals surface area (Å²) in [6.45, 7) is 8.20. The van der Waals surface area contributed by atoms with Gasteiger partial charge >= 0.3 is 0 Å². The molecule has 0 aliphatic carbocycles. The Morgan fingerprint density at radius 2 is 1.39 bits per heavy atom. The van der Waals surface area contributed by atoms with Crippen molar-refractivity contribution in [1.29, 1.82) is 0 Å². The molecule has 2 N–H and O–H groups in total. The van der Waals surface area contributed by atoms with Crippen LogP contribution in [0.2, 0.25) is 0 Å². The highest BCUT2D eigenvalue weighted by molar-refractivity contribution is 7.77. The van der Waals surface area contributed by atoms with Gasteiger partial charge in [0, 0.05) is 13.1 Å². The van der Waals surface area contributed by atoms with Crippen molar-refractivity contribution >= 4 is 12.8 Å². The first-order valence-electron chi connectivity index (χ1n) is 9.29. The Morgan fingerprint density at radius 1 is 0.913 bits per heavy atom. The van der Waals surface area contributed by atoms with Gasteiger partial charge in [-0.25, -0.2) is 4.31 Å². The normalized spacial score (nSPS) is 10.7. The van der Waals surface area contributed by atoms with E-state index in [-0.39, 0.29) is 0 Å². The molecule has 2 nitrogen and oxygen atoms in total. The fourth-order valence-corrected chi connectivity index (χ4v) is 2.61. The highest BCUT2D eigenvalue weighted by Crippen LogP contribution is 2.11. The van der Waals surface area contributed by atoms with Gasteiger partial charge in [-0.3, -0.25) is 0 Å². The minimum Gasteiger partial charge on any atom is -0.328 e. The lowest BCUT2D eigenvalue weighted by Gasteiger charge is -2.15. The van der Waals surface area contributed by atoms with Gasteiger partial charge < -0.3 is 5.73 Å². The molecule has 0 bridgehead atoms. The van der Waals surface area contributed by atoms with E-state index in [2.05, 4.69) is 54.4 Å². The van der Waals surface area contributed by atoms with E-state index in [0.29, 0.717) is 6.04 Å². The third-order valence-corrected chi connectivity index (χ3v) is 3.82. The second-order valence-corrected chi connectivity index (χ2v) is 7.16. The van der Waals surface area contributed by atoms with Gasteiger partial charge in [0.25, 0.3) is 0 Å². The van der Waals surface area contributed by atoms with Crippen molar-refractivity contribution in [1.82, 2.24) is 4.31 Å². The van der Waals surface area contributed by atoms with Gasteiger partial charge in [-0.05, 0) is 18.0 Å². The highest BCUT2D eigenvalue weighted by Gasteiger charge is 2.00. The van der Waals surface area contributed by atoms with Crippen LogP contribution in [-0.4, -0.2) is 16.9 Å². The zero-order chi connectivity index (χ0) is 17.3. The molecule has 0 fully saturated rings. The van der Waals surface area contributed by atoms with E-state index in [0.717, 1.165) is 13.1 Å². The van der Waals surface area contributed by atoms with Crippen LogP contribution in [0, 0.1) is 0 Å². The maximum absolute atomic E-state index is 5.11. The van der Waals surface area contributed by atoms with Crippen LogP contribution in [0.1, 0.15) is 77.7 Å². The van der Waals surface area contributed by atoms with Crippen LogP contribution >= 0.6 is 12.8 Å². The lowest BCUT2D eigenvalue weighted by molar-refractivity contribution is 0.443. The topological polar surface area (TPSA) is 29.3 Å². The van der Waals surface area contributed by atoms with E-state index in [1.165, 1.54) is 56.9 Å². The van der Waals surface area contributed by atoms with Crippen LogP contribution in [0.25, 0.3) is 0 Å². The molecule has 0 aliphatic heterocycles. The first kappa shape index (κ1) is 22.5. The molecule has 3 heteroatoms. The summed E-state index contributed by atoms with van der Waals surface area (Å²) in [5, 5.41) is 0. The molecular weight excluding hydrogens is 300 g/mol. The van der Waals surface area contributed by atoms with Crippen LogP contribution < -0.4 is 5.73 Å². The van der Waals surface area contributed by atoms with Crippen molar-refractivity contribution in [3.63, 3.8) is 0 Å². The summed E-state index contributed by atoms with van der Waals surface area (Å²) in [6.07, 6.45) is 11.0. The minimum absolute atomic E-state index is 0.333. The summed E-state index contributed by atoms with van der Waals surface area (Å²) in [4.78, 5) is 0. The third kappa shape index (κ3) is 17.7. The lowest BCUT2D eigenvalue weighted by atomic mass is 10.1. The molecule has 1 aromatic carbocycles. The largest absolute Gasteiger partial charge is 0.328 e. The van der Waals surface area contributed by atoms with E-state index in [4.69, 9.17) is 5.73 Å². The molecule has 0 atom stereocenters. The van der Waals surface area contributed by atoms with Crippen molar-refractivity contribution < 1.29 is 0 Å². The molecule has 134 valence electrons. The smallest absolute Gasteiger partial charge is 0.0338 e. The predicted octanol–water partition coefficient (Wildman–Crippen LogP) is 5.83. The second-order valence-electron chi connectivity index (χ2n) is 6.59. The van der Waals surface area contributed by atoms with Gasteiger partial charge in [0.2, 0.25) is 0 Å². The lowest BCUT2D eigenvalue weighted by Crippen LogP contribution is -2.13. The number of thiol groups is 1. The van der Waals surface area contributed by atoms with Gasteiger partial charge in [-0.2, -0.15) is 0 Å². The average molecular weight is 339 g/mol. The van der Waals surface area contributed by atoms with E-state index >= 15 is 0 Å². The molecule has 1 aromatic rings. The molecule has 1 rings (SSSR count).